The maximum atomic E-state index is 11.1. The molecule has 1 aromatic heterocycles. The van der Waals surface area contributed by atoms with Gasteiger partial charge in [-0.1, -0.05) is 11.6 Å². The number of hydrogen-bond donors (Lipinski definition) is 1. The summed E-state index contributed by atoms with van der Waals surface area (Å²) in [5.74, 6) is -0.0859. The van der Waals surface area contributed by atoms with E-state index in [4.69, 9.17) is 22.1 Å². The van der Waals surface area contributed by atoms with E-state index in [0.29, 0.717) is 18.4 Å². The minimum absolute atomic E-state index is 0.102. The second kappa shape index (κ2) is 4.89. The molecule has 0 aromatic carbocycles. The van der Waals surface area contributed by atoms with Crippen LogP contribution in [0.3, 0.4) is 0 Å². The summed E-state index contributed by atoms with van der Waals surface area (Å²) in [7, 11) is 2.05. The van der Waals surface area contributed by atoms with E-state index < -0.39 is 5.91 Å². The van der Waals surface area contributed by atoms with Crippen LogP contribution in [0.5, 0.6) is 5.75 Å². The number of aromatic nitrogens is 1. The van der Waals surface area contributed by atoms with E-state index in [0.717, 1.165) is 13.0 Å². The Bertz CT molecular complexity index is 439. The fraction of sp³-hybridized carbons (Fsp3) is 0.455. The van der Waals surface area contributed by atoms with Crippen LogP contribution in [0.4, 0.5) is 0 Å². The number of rotatable bonds is 4. The van der Waals surface area contributed by atoms with Crippen LogP contribution in [0.25, 0.3) is 0 Å². The molecule has 1 fully saturated rings. The van der Waals surface area contributed by atoms with Crippen molar-refractivity contribution in [3.05, 3.63) is 23.0 Å². The van der Waals surface area contributed by atoms with E-state index >= 15 is 0 Å². The first kappa shape index (κ1) is 12.1. The van der Waals surface area contributed by atoms with Crippen LogP contribution < -0.4 is 10.5 Å². The second-order valence-corrected chi connectivity index (χ2v) is 4.47. The molecule has 0 aliphatic carbocycles. The van der Waals surface area contributed by atoms with E-state index in [1.54, 1.807) is 0 Å². The van der Waals surface area contributed by atoms with Crippen molar-refractivity contribution < 1.29 is 9.53 Å². The Balaban J connectivity index is 2.01. The Morgan fingerprint density at radius 3 is 3.06 bits per heavy atom. The molecule has 5 nitrogen and oxygen atoms in total. The van der Waals surface area contributed by atoms with Gasteiger partial charge in [0.05, 0.1) is 11.8 Å². The number of pyridine rings is 1. The summed E-state index contributed by atoms with van der Waals surface area (Å²) in [4.78, 5) is 17.1. The van der Waals surface area contributed by atoms with Crippen LogP contribution in [-0.4, -0.2) is 42.0 Å². The molecule has 0 radical (unpaired) electrons. The standard InChI is InChI=1S/C11H14ClN3O2/c1-15-3-2-7(15)6-17-8-4-9(11(13)16)10(12)14-5-8/h4-5,7H,2-3,6H2,1H3,(H2,13,16)/t7-/m1/s1. The smallest absolute Gasteiger partial charge is 0.251 e. The first-order valence-electron chi connectivity index (χ1n) is 5.36. The summed E-state index contributed by atoms with van der Waals surface area (Å²) >= 11 is 5.74. The number of likely N-dealkylation sites (tertiary alicyclic amines) is 1. The van der Waals surface area contributed by atoms with Gasteiger partial charge in [0.25, 0.3) is 5.91 Å². The molecule has 17 heavy (non-hydrogen) atoms. The average molecular weight is 256 g/mol. The number of ether oxygens (including phenoxy) is 1. The summed E-state index contributed by atoms with van der Waals surface area (Å²) in [6, 6.07) is 1.96. The van der Waals surface area contributed by atoms with E-state index in [2.05, 4.69) is 9.88 Å². The predicted molar refractivity (Wildman–Crippen MR) is 64.3 cm³/mol. The third-order valence-corrected chi connectivity index (χ3v) is 3.26. The van der Waals surface area contributed by atoms with Crippen LogP contribution in [0.15, 0.2) is 12.3 Å². The molecule has 0 saturated carbocycles. The number of hydrogen-bond acceptors (Lipinski definition) is 4. The first-order valence-corrected chi connectivity index (χ1v) is 5.74. The van der Waals surface area contributed by atoms with Crippen molar-refractivity contribution in [3.8, 4) is 5.75 Å². The highest BCUT2D eigenvalue weighted by atomic mass is 35.5. The molecule has 1 aliphatic rings. The van der Waals surface area contributed by atoms with Gasteiger partial charge in [0.2, 0.25) is 0 Å². The SMILES string of the molecule is CN1CC[C@@H]1COc1cnc(Cl)c(C(N)=O)c1. The number of halogens is 1. The third kappa shape index (κ3) is 2.68. The predicted octanol–water partition coefficient (Wildman–Crippen LogP) is 0.917. The zero-order valence-corrected chi connectivity index (χ0v) is 10.3. The highest BCUT2D eigenvalue weighted by Crippen LogP contribution is 2.20. The Morgan fingerprint density at radius 1 is 1.76 bits per heavy atom. The maximum absolute atomic E-state index is 11.1. The number of carbonyl (C=O) groups excluding carboxylic acids is 1. The van der Waals surface area contributed by atoms with Gasteiger partial charge in [-0.2, -0.15) is 0 Å². The highest BCUT2D eigenvalue weighted by Gasteiger charge is 2.24. The van der Waals surface area contributed by atoms with Crippen LogP contribution in [-0.2, 0) is 0 Å². The molecule has 1 aromatic rings. The zero-order chi connectivity index (χ0) is 12.4. The normalized spacial score (nSPS) is 19.8. The zero-order valence-electron chi connectivity index (χ0n) is 9.52. The lowest BCUT2D eigenvalue weighted by Crippen LogP contribution is -2.48. The van der Waals surface area contributed by atoms with E-state index in [1.165, 1.54) is 12.3 Å². The van der Waals surface area contributed by atoms with Gasteiger partial charge >= 0.3 is 0 Å². The number of carbonyl (C=O) groups is 1. The summed E-state index contributed by atoms with van der Waals surface area (Å²) in [5.41, 5.74) is 5.36. The number of primary amides is 1. The van der Waals surface area contributed by atoms with Crippen molar-refractivity contribution in [3.63, 3.8) is 0 Å². The molecule has 6 heteroatoms. The van der Waals surface area contributed by atoms with Gasteiger partial charge in [-0.25, -0.2) is 4.98 Å². The van der Waals surface area contributed by atoms with E-state index in [-0.39, 0.29) is 10.7 Å². The molecular formula is C11H14ClN3O2. The van der Waals surface area contributed by atoms with Crippen molar-refractivity contribution in [2.75, 3.05) is 20.2 Å². The first-order chi connectivity index (χ1) is 8.08. The molecule has 2 rings (SSSR count). The Morgan fingerprint density at radius 2 is 2.53 bits per heavy atom. The lowest BCUT2D eigenvalue weighted by atomic mass is 10.1. The Labute approximate surface area is 105 Å². The fourth-order valence-corrected chi connectivity index (χ4v) is 1.85. The summed E-state index contributed by atoms with van der Waals surface area (Å²) in [5, 5.41) is 0.102. The van der Waals surface area contributed by atoms with Crippen molar-refractivity contribution in [1.82, 2.24) is 9.88 Å². The summed E-state index contributed by atoms with van der Waals surface area (Å²) in [6.45, 7) is 1.68. The molecule has 1 aliphatic heterocycles. The minimum atomic E-state index is -0.603. The third-order valence-electron chi connectivity index (χ3n) is 2.96. The van der Waals surface area contributed by atoms with Gasteiger partial charge in [-0.3, -0.25) is 9.69 Å². The van der Waals surface area contributed by atoms with Gasteiger partial charge in [0.15, 0.2) is 0 Å². The lowest BCUT2D eigenvalue weighted by molar-refractivity contribution is 0.0766. The number of nitrogens with zero attached hydrogens (tertiary/aromatic N) is 2. The van der Waals surface area contributed by atoms with Crippen LogP contribution in [0, 0.1) is 0 Å². The molecule has 92 valence electrons. The van der Waals surface area contributed by atoms with Crippen LogP contribution in [0.1, 0.15) is 16.8 Å². The molecule has 0 bridgehead atoms. The fourth-order valence-electron chi connectivity index (χ4n) is 1.65. The van der Waals surface area contributed by atoms with Crippen molar-refractivity contribution in [2.24, 2.45) is 5.73 Å². The van der Waals surface area contributed by atoms with Crippen LogP contribution >= 0.6 is 11.6 Å². The number of nitrogens with two attached hydrogens (primary N) is 1. The minimum Gasteiger partial charge on any atom is -0.490 e. The molecule has 2 heterocycles. The monoisotopic (exact) mass is 255 g/mol. The molecule has 1 atom stereocenters. The molecule has 2 N–H and O–H groups in total. The molecule has 1 saturated heterocycles. The molecule has 1 amide bonds. The quantitative estimate of drug-likeness (QED) is 0.813. The van der Waals surface area contributed by atoms with E-state index in [9.17, 15) is 4.79 Å². The van der Waals surface area contributed by atoms with Crippen molar-refractivity contribution >= 4 is 17.5 Å². The van der Waals surface area contributed by atoms with Crippen molar-refractivity contribution in [1.29, 1.82) is 0 Å². The molecule has 0 spiro atoms. The number of likely N-dealkylation sites (N-methyl/N-ethyl adjacent to an activating group) is 1. The molecule has 0 unspecified atom stereocenters. The Hall–Kier alpha value is -1.33. The van der Waals surface area contributed by atoms with Gasteiger partial charge in [-0.15, -0.1) is 0 Å². The largest absolute Gasteiger partial charge is 0.490 e. The van der Waals surface area contributed by atoms with Gasteiger partial charge < -0.3 is 10.5 Å². The Kier molecular flexibility index (Phi) is 3.49. The van der Waals surface area contributed by atoms with Gasteiger partial charge in [0.1, 0.15) is 17.5 Å². The van der Waals surface area contributed by atoms with Crippen molar-refractivity contribution in [2.45, 2.75) is 12.5 Å². The molecular weight excluding hydrogens is 242 g/mol. The summed E-state index contributed by atoms with van der Waals surface area (Å²) in [6.07, 6.45) is 2.62. The van der Waals surface area contributed by atoms with Crippen LogP contribution in [0.2, 0.25) is 5.15 Å². The maximum Gasteiger partial charge on any atom is 0.251 e. The lowest BCUT2D eigenvalue weighted by Gasteiger charge is -2.37. The van der Waals surface area contributed by atoms with Gasteiger partial charge in [0, 0.05) is 6.04 Å². The van der Waals surface area contributed by atoms with Gasteiger partial charge in [-0.05, 0) is 26.1 Å². The number of amides is 1. The highest BCUT2D eigenvalue weighted by molar-refractivity contribution is 6.32. The second-order valence-electron chi connectivity index (χ2n) is 4.11. The topological polar surface area (TPSA) is 68.4 Å². The average Bonchev–Trinajstić information content (AvgIpc) is 2.29. The summed E-state index contributed by atoms with van der Waals surface area (Å²) < 4.78 is 5.56. The van der Waals surface area contributed by atoms with E-state index in [1.807, 2.05) is 7.05 Å².